The number of fused-ring (bicyclic) bond motifs is 1. The average Bonchev–Trinajstić information content (AvgIpc) is 3.19. The molecule has 35 heavy (non-hydrogen) atoms. The number of amides is 1. The number of carbonyl (C=O) groups is 1. The Balaban J connectivity index is 1.45. The summed E-state index contributed by atoms with van der Waals surface area (Å²) in [7, 11) is 0. The summed E-state index contributed by atoms with van der Waals surface area (Å²) in [6.07, 6.45) is 3.74. The van der Waals surface area contributed by atoms with Gasteiger partial charge in [-0.25, -0.2) is 5.43 Å². The number of benzene rings is 3. The van der Waals surface area contributed by atoms with Crippen molar-refractivity contribution in [2.45, 2.75) is 33.2 Å². The van der Waals surface area contributed by atoms with Gasteiger partial charge in [-0.1, -0.05) is 78.3 Å². The molecular weight excluding hydrogens is 570 g/mol. The van der Waals surface area contributed by atoms with Crippen LogP contribution in [0.1, 0.15) is 42.0 Å². The summed E-state index contributed by atoms with van der Waals surface area (Å²) in [5, 5.41) is 5.28. The molecule has 7 heteroatoms. The van der Waals surface area contributed by atoms with Gasteiger partial charge in [0, 0.05) is 33.7 Å². The molecule has 1 N–H and O–H groups in total. The highest BCUT2D eigenvalue weighted by Gasteiger charge is 2.17. The summed E-state index contributed by atoms with van der Waals surface area (Å²) < 4.78 is 9.95. The Morgan fingerprint density at radius 2 is 1.83 bits per heavy atom. The fraction of sp³-hybridized carbons (Fsp3) is 0.214. The van der Waals surface area contributed by atoms with E-state index in [4.69, 9.17) is 4.74 Å². The first-order valence-corrected chi connectivity index (χ1v) is 13.0. The van der Waals surface area contributed by atoms with Crippen molar-refractivity contribution >= 4 is 54.9 Å². The Morgan fingerprint density at radius 3 is 2.57 bits per heavy atom. The first-order valence-electron chi connectivity index (χ1n) is 11.4. The lowest BCUT2D eigenvalue weighted by Crippen LogP contribution is -2.25. The third-order valence-electron chi connectivity index (χ3n) is 5.81. The van der Waals surface area contributed by atoms with E-state index < -0.39 is 0 Å². The highest BCUT2D eigenvalue weighted by Crippen LogP contribution is 2.40. The van der Waals surface area contributed by atoms with E-state index in [1.54, 1.807) is 6.21 Å². The lowest BCUT2D eigenvalue weighted by atomic mass is 10.0. The molecule has 0 fully saturated rings. The van der Waals surface area contributed by atoms with Crippen molar-refractivity contribution in [2.75, 3.05) is 6.61 Å². The summed E-state index contributed by atoms with van der Waals surface area (Å²) in [5.41, 5.74) is 7.91. The first-order chi connectivity index (χ1) is 16.8. The van der Waals surface area contributed by atoms with Gasteiger partial charge in [-0.15, -0.1) is 0 Å². The Hall–Kier alpha value is -2.90. The molecule has 180 valence electrons. The lowest BCUT2D eigenvalue weighted by Gasteiger charge is -2.18. The smallest absolute Gasteiger partial charge is 0.277 e. The van der Waals surface area contributed by atoms with Crippen LogP contribution in [0.2, 0.25) is 0 Å². The zero-order valence-electron chi connectivity index (χ0n) is 19.9. The molecule has 4 aromatic rings. The van der Waals surface area contributed by atoms with Crippen molar-refractivity contribution in [1.29, 1.82) is 0 Å². The summed E-state index contributed by atoms with van der Waals surface area (Å²) in [6.45, 7) is 6.80. The van der Waals surface area contributed by atoms with Gasteiger partial charge in [0.25, 0.3) is 5.91 Å². The third kappa shape index (κ3) is 5.85. The molecule has 0 unspecified atom stereocenters. The number of para-hydroxylation sites is 1. The number of hydrogen-bond donors (Lipinski definition) is 1. The summed E-state index contributed by atoms with van der Waals surface area (Å²) in [4.78, 5) is 12.5. The number of rotatable bonds is 8. The van der Waals surface area contributed by atoms with Crippen LogP contribution in [0.3, 0.4) is 0 Å². The van der Waals surface area contributed by atoms with E-state index in [1.165, 1.54) is 5.56 Å². The molecule has 1 amide bonds. The minimum absolute atomic E-state index is 0.132. The predicted octanol–water partition coefficient (Wildman–Crippen LogP) is 7.18. The molecule has 0 saturated carbocycles. The van der Waals surface area contributed by atoms with Gasteiger partial charge in [0.2, 0.25) is 0 Å². The average molecular weight is 597 g/mol. The Kier molecular flexibility index (Phi) is 8.08. The minimum atomic E-state index is -0.323. The van der Waals surface area contributed by atoms with Crippen molar-refractivity contribution in [1.82, 2.24) is 9.99 Å². The number of carbonyl (C=O) groups excluding carboxylic acids is 1. The van der Waals surface area contributed by atoms with Gasteiger partial charge in [0.05, 0.1) is 10.7 Å². The maximum atomic E-state index is 12.5. The van der Waals surface area contributed by atoms with Gasteiger partial charge in [-0.2, -0.15) is 5.10 Å². The second-order valence-corrected chi connectivity index (χ2v) is 10.3. The molecule has 0 aliphatic rings. The van der Waals surface area contributed by atoms with Crippen LogP contribution in [-0.4, -0.2) is 23.3 Å². The first kappa shape index (κ1) is 25.2. The highest BCUT2D eigenvalue weighted by molar-refractivity contribution is 9.11. The van der Waals surface area contributed by atoms with Crippen LogP contribution < -0.4 is 10.2 Å². The molecule has 0 radical (unpaired) electrons. The predicted molar refractivity (Wildman–Crippen MR) is 149 cm³/mol. The molecule has 0 atom stereocenters. The number of aromatic nitrogens is 1. The summed E-state index contributed by atoms with van der Waals surface area (Å²) in [5.74, 6) is 0.604. The minimum Gasteiger partial charge on any atom is -0.482 e. The monoisotopic (exact) mass is 595 g/mol. The summed E-state index contributed by atoms with van der Waals surface area (Å²) in [6, 6.07) is 20.5. The lowest BCUT2D eigenvalue weighted by molar-refractivity contribution is -0.123. The molecule has 1 heterocycles. The fourth-order valence-corrected chi connectivity index (χ4v) is 5.19. The Labute approximate surface area is 222 Å². The van der Waals surface area contributed by atoms with Gasteiger partial charge >= 0.3 is 0 Å². The standard InChI is InChI=1S/C28H27Br2N3O2/c1-18(2)23-13-24(29)19(3)27(30)28(23)35-17-26(34)32-31-14-21-16-33(15-20-9-5-4-6-10-20)25-12-8-7-11-22(21)25/h4-14,16,18H,15,17H2,1-3H3,(H,32,34). The van der Waals surface area contributed by atoms with Crippen LogP contribution >= 0.6 is 31.9 Å². The number of hydrazone groups is 1. The van der Waals surface area contributed by atoms with Gasteiger partial charge < -0.3 is 9.30 Å². The molecule has 0 aliphatic carbocycles. The van der Waals surface area contributed by atoms with Crippen molar-refractivity contribution < 1.29 is 9.53 Å². The van der Waals surface area contributed by atoms with Gasteiger partial charge in [-0.05, 0) is 57.6 Å². The maximum absolute atomic E-state index is 12.5. The SMILES string of the molecule is Cc1c(Br)cc(C(C)C)c(OCC(=O)NN=Cc2cn(Cc3ccccc3)c3ccccc23)c1Br. The number of nitrogens with one attached hydrogen (secondary N) is 1. The Bertz CT molecular complexity index is 1380. The van der Waals surface area contributed by atoms with E-state index in [0.717, 1.165) is 43.1 Å². The van der Waals surface area contributed by atoms with Crippen LogP contribution in [0.15, 0.2) is 80.9 Å². The van der Waals surface area contributed by atoms with Crippen LogP contribution in [-0.2, 0) is 11.3 Å². The largest absolute Gasteiger partial charge is 0.482 e. The van der Waals surface area contributed by atoms with Gasteiger partial charge in [0.15, 0.2) is 6.61 Å². The number of ether oxygens (including phenoxy) is 1. The van der Waals surface area contributed by atoms with Gasteiger partial charge in [0.1, 0.15) is 5.75 Å². The molecule has 4 rings (SSSR count). The van der Waals surface area contributed by atoms with Crippen LogP contribution in [0, 0.1) is 6.92 Å². The van der Waals surface area contributed by atoms with Crippen LogP contribution in [0.25, 0.3) is 10.9 Å². The molecule has 0 bridgehead atoms. The quantitative estimate of drug-likeness (QED) is 0.173. The number of nitrogens with zero attached hydrogens (tertiary/aromatic N) is 2. The fourth-order valence-electron chi connectivity index (χ4n) is 3.92. The van der Waals surface area contributed by atoms with Crippen molar-refractivity contribution in [3.63, 3.8) is 0 Å². The van der Waals surface area contributed by atoms with Crippen molar-refractivity contribution in [3.8, 4) is 5.75 Å². The van der Waals surface area contributed by atoms with E-state index in [-0.39, 0.29) is 18.4 Å². The van der Waals surface area contributed by atoms with Gasteiger partial charge in [-0.3, -0.25) is 4.79 Å². The Morgan fingerprint density at radius 1 is 1.11 bits per heavy atom. The number of hydrogen-bond acceptors (Lipinski definition) is 3. The van der Waals surface area contributed by atoms with E-state index in [0.29, 0.717) is 5.75 Å². The highest BCUT2D eigenvalue weighted by atomic mass is 79.9. The molecule has 3 aromatic carbocycles. The molecule has 1 aromatic heterocycles. The third-order valence-corrected chi connectivity index (χ3v) is 7.59. The normalized spacial score (nSPS) is 11.5. The van der Waals surface area contributed by atoms with Crippen molar-refractivity contribution in [3.05, 3.63) is 98.1 Å². The van der Waals surface area contributed by atoms with E-state index in [2.05, 4.69) is 91.3 Å². The topological polar surface area (TPSA) is 55.6 Å². The molecule has 0 saturated heterocycles. The van der Waals surface area contributed by atoms with Crippen LogP contribution in [0.5, 0.6) is 5.75 Å². The molecule has 0 aliphatic heterocycles. The number of halogens is 2. The zero-order chi connectivity index (χ0) is 24.9. The van der Waals surface area contributed by atoms with Crippen LogP contribution in [0.4, 0.5) is 0 Å². The second kappa shape index (κ2) is 11.2. The zero-order valence-corrected chi connectivity index (χ0v) is 23.1. The molecule has 5 nitrogen and oxygen atoms in total. The molecule has 0 spiro atoms. The van der Waals surface area contributed by atoms with E-state index in [1.807, 2.05) is 43.3 Å². The van der Waals surface area contributed by atoms with E-state index in [9.17, 15) is 4.79 Å². The van der Waals surface area contributed by atoms with E-state index >= 15 is 0 Å². The summed E-state index contributed by atoms with van der Waals surface area (Å²) >= 11 is 7.20. The second-order valence-electron chi connectivity index (χ2n) is 8.67. The van der Waals surface area contributed by atoms with Crippen molar-refractivity contribution in [2.24, 2.45) is 5.10 Å². The molecular formula is C28H27Br2N3O2. The maximum Gasteiger partial charge on any atom is 0.277 e.